The molecule has 0 aliphatic heterocycles. The third-order valence-electron chi connectivity index (χ3n) is 7.26. The van der Waals surface area contributed by atoms with Gasteiger partial charge in [0, 0.05) is 38.9 Å². The highest BCUT2D eigenvalue weighted by Crippen LogP contribution is 2.52. The van der Waals surface area contributed by atoms with E-state index in [1.165, 1.54) is 38.4 Å². The summed E-state index contributed by atoms with van der Waals surface area (Å²) in [5.41, 5.74) is 9.36. The summed E-state index contributed by atoms with van der Waals surface area (Å²) in [6, 6.07) is 34.4. The fourth-order valence-electron chi connectivity index (χ4n) is 5.70. The van der Waals surface area contributed by atoms with E-state index < -0.39 is 0 Å². The van der Waals surface area contributed by atoms with E-state index in [1.807, 2.05) is 12.1 Å². The van der Waals surface area contributed by atoms with Gasteiger partial charge in [0.1, 0.15) is 11.2 Å². The molecule has 33 heavy (non-hydrogen) atoms. The highest BCUT2D eigenvalue weighted by atomic mass is 16.3. The van der Waals surface area contributed by atoms with Crippen molar-refractivity contribution in [3.8, 4) is 11.1 Å². The van der Waals surface area contributed by atoms with Crippen LogP contribution in [0.1, 0.15) is 25.0 Å². The Kier molecular flexibility index (Phi) is 3.64. The first kappa shape index (κ1) is 18.5. The van der Waals surface area contributed by atoms with Crippen LogP contribution < -0.4 is 5.32 Å². The maximum atomic E-state index is 6.28. The van der Waals surface area contributed by atoms with E-state index >= 15 is 0 Å². The molecule has 0 amide bonds. The van der Waals surface area contributed by atoms with Crippen molar-refractivity contribution in [3.05, 3.63) is 108 Å². The predicted molar refractivity (Wildman–Crippen MR) is 139 cm³/mol. The average Bonchev–Trinajstić information content (AvgIpc) is 3.33. The van der Waals surface area contributed by atoms with Crippen LogP contribution >= 0.6 is 0 Å². The zero-order valence-corrected chi connectivity index (χ0v) is 18.6. The molecule has 0 radical (unpaired) electrons. The van der Waals surface area contributed by atoms with E-state index in [4.69, 9.17) is 4.42 Å². The summed E-state index contributed by atoms with van der Waals surface area (Å²) in [6.45, 7) is 4.63. The van der Waals surface area contributed by atoms with Crippen molar-refractivity contribution >= 4 is 44.1 Å². The molecule has 0 saturated heterocycles. The maximum absolute atomic E-state index is 6.28. The molecule has 158 valence electrons. The van der Waals surface area contributed by atoms with E-state index in [1.54, 1.807) is 0 Å². The maximum Gasteiger partial charge on any atom is 0.138 e. The molecule has 1 heterocycles. The van der Waals surface area contributed by atoms with Crippen LogP contribution in [-0.4, -0.2) is 0 Å². The van der Waals surface area contributed by atoms with Crippen LogP contribution in [0.25, 0.3) is 43.8 Å². The number of furan rings is 1. The smallest absolute Gasteiger partial charge is 0.138 e. The summed E-state index contributed by atoms with van der Waals surface area (Å²) in [4.78, 5) is 0. The lowest BCUT2D eigenvalue weighted by Gasteiger charge is -2.21. The SMILES string of the molecule is CC1(C)c2ccccc2-c2c(Nc3cc4oc5ccccc5c4c4ccccc34)cccc21. The monoisotopic (exact) mass is 425 g/mol. The Morgan fingerprint density at radius 2 is 1.30 bits per heavy atom. The second-order valence-corrected chi connectivity index (χ2v) is 9.46. The Labute approximate surface area is 192 Å². The second kappa shape index (κ2) is 6.49. The Morgan fingerprint density at radius 3 is 2.18 bits per heavy atom. The van der Waals surface area contributed by atoms with Gasteiger partial charge in [0.25, 0.3) is 0 Å². The lowest BCUT2D eigenvalue weighted by Crippen LogP contribution is -2.14. The van der Waals surface area contributed by atoms with E-state index in [2.05, 4.69) is 104 Å². The minimum atomic E-state index is -0.0195. The van der Waals surface area contributed by atoms with Gasteiger partial charge in [0.05, 0.1) is 5.69 Å². The fraction of sp³-hybridized carbons (Fsp3) is 0.0968. The highest BCUT2D eigenvalue weighted by molar-refractivity contribution is 6.22. The quantitative estimate of drug-likeness (QED) is 0.300. The van der Waals surface area contributed by atoms with E-state index in [0.717, 1.165) is 27.9 Å². The molecule has 1 aromatic heterocycles. The molecule has 1 aliphatic carbocycles. The number of rotatable bonds is 2. The molecule has 7 rings (SSSR count). The van der Waals surface area contributed by atoms with Gasteiger partial charge >= 0.3 is 0 Å². The number of anilines is 2. The third-order valence-corrected chi connectivity index (χ3v) is 7.26. The Balaban J connectivity index is 1.49. The van der Waals surface area contributed by atoms with Gasteiger partial charge in [-0.25, -0.2) is 0 Å². The molecule has 0 unspecified atom stereocenters. The first-order valence-electron chi connectivity index (χ1n) is 11.5. The van der Waals surface area contributed by atoms with Crippen LogP contribution in [0.5, 0.6) is 0 Å². The summed E-state index contributed by atoms with van der Waals surface area (Å²) in [6.07, 6.45) is 0. The standard InChI is InChI=1S/C31H23NO/c1-31(2)23-14-7-5-12-21(23)30-24(31)15-9-16-25(30)32-26-18-28-29(20-11-4-3-10-19(20)26)22-13-6-8-17-27(22)33-28/h3-18,32H,1-2H3. The summed E-state index contributed by atoms with van der Waals surface area (Å²) < 4.78 is 6.28. The first-order chi connectivity index (χ1) is 16.1. The van der Waals surface area contributed by atoms with Crippen molar-refractivity contribution < 1.29 is 4.42 Å². The number of hydrogen-bond donors (Lipinski definition) is 1. The Hall–Kier alpha value is -4.04. The van der Waals surface area contributed by atoms with Gasteiger partial charge in [-0.15, -0.1) is 0 Å². The number of benzene rings is 5. The van der Waals surface area contributed by atoms with Gasteiger partial charge in [-0.2, -0.15) is 0 Å². The van der Waals surface area contributed by atoms with Gasteiger partial charge in [-0.05, 0) is 34.2 Å². The molecule has 5 aromatic carbocycles. The summed E-state index contributed by atoms with van der Waals surface area (Å²) in [7, 11) is 0. The molecule has 0 fully saturated rings. The minimum absolute atomic E-state index is 0.0195. The topological polar surface area (TPSA) is 25.2 Å². The highest BCUT2D eigenvalue weighted by Gasteiger charge is 2.36. The van der Waals surface area contributed by atoms with E-state index in [9.17, 15) is 0 Å². The zero-order chi connectivity index (χ0) is 22.2. The van der Waals surface area contributed by atoms with Crippen LogP contribution in [0.3, 0.4) is 0 Å². The van der Waals surface area contributed by atoms with Crippen molar-refractivity contribution in [2.45, 2.75) is 19.3 Å². The Bertz CT molecular complexity index is 1720. The molecule has 0 bridgehead atoms. The van der Waals surface area contributed by atoms with Crippen LogP contribution in [-0.2, 0) is 5.41 Å². The van der Waals surface area contributed by atoms with Crippen molar-refractivity contribution in [2.24, 2.45) is 0 Å². The van der Waals surface area contributed by atoms with Gasteiger partial charge in [-0.1, -0.05) is 92.7 Å². The lowest BCUT2D eigenvalue weighted by atomic mass is 9.82. The predicted octanol–water partition coefficient (Wildman–Crippen LogP) is 8.79. The van der Waals surface area contributed by atoms with Crippen LogP contribution in [0.15, 0.2) is 101 Å². The van der Waals surface area contributed by atoms with Crippen molar-refractivity contribution in [1.29, 1.82) is 0 Å². The largest absolute Gasteiger partial charge is 0.456 e. The number of fused-ring (bicyclic) bond motifs is 8. The zero-order valence-electron chi connectivity index (χ0n) is 18.6. The van der Waals surface area contributed by atoms with Crippen LogP contribution in [0, 0.1) is 0 Å². The van der Waals surface area contributed by atoms with Crippen LogP contribution in [0.2, 0.25) is 0 Å². The van der Waals surface area contributed by atoms with Gasteiger partial charge in [0.2, 0.25) is 0 Å². The summed E-state index contributed by atoms with van der Waals surface area (Å²) in [5.74, 6) is 0. The second-order valence-electron chi connectivity index (χ2n) is 9.46. The number of nitrogens with one attached hydrogen (secondary N) is 1. The van der Waals surface area contributed by atoms with Crippen molar-refractivity contribution in [3.63, 3.8) is 0 Å². The number of para-hydroxylation sites is 1. The van der Waals surface area contributed by atoms with Crippen molar-refractivity contribution in [2.75, 3.05) is 5.32 Å². The molecule has 0 saturated carbocycles. The van der Waals surface area contributed by atoms with E-state index in [-0.39, 0.29) is 5.41 Å². The molecule has 1 aliphatic rings. The first-order valence-corrected chi connectivity index (χ1v) is 11.5. The Morgan fingerprint density at radius 1 is 0.606 bits per heavy atom. The molecule has 0 spiro atoms. The molecule has 2 heteroatoms. The molecule has 2 nitrogen and oxygen atoms in total. The fourth-order valence-corrected chi connectivity index (χ4v) is 5.70. The van der Waals surface area contributed by atoms with Gasteiger partial charge in [0.15, 0.2) is 0 Å². The molecule has 6 aromatic rings. The molecule has 0 atom stereocenters. The summed E-state index contributed by atoms with van der Waals surface area (Å²) in [5, 5.41) is 8.54. The van der Waals surface area contributed by atoms with Crippen molar-refractivity contribution in [1.82, 2.24) is 0 Å². The average molecular weight is 426 g/mol. The summed E-state index contributed by atoms with van der Waals surface area (Å²) >= 11 is 0. The minimum Gasteiger partial charge on any atom is -0.456 e. The van der Waals surface area contributed by atoms with Gasteiger partial charge in [-0.3, -0.25) is 0 Å². The lowest BCUT2D eigenvalue weighted by molar-refractivity contribution is 0.660. The molecular formula is C31H23NO. The normalized spacial score (nSPS) is 14.0. The van der Waals surface area contributed by atoms with Gasteiger partial charge < -0.3 is 9.73 Å². The molecule has 1 N–H and O–H groups in total. The third kappa shape index (κ3) is 2.49. The van der Waals surface area contributed by atoms with Crippen LogP contribution in [0.4, 0.5) is 11.4 Å². The van der Waals surface area contributed by atoms with E-state index in [0.29, 0.717) is 0 Å². The molecular weight excluding hydrogens is 402 g/mol. The number of hydrogen-bond acceptors (Lipinski definition) is 2.